The average Bonchev–Trinajstić information content (AvgIpc) is 2.45. The van der Waals surface area contributed by atoms with Gasteiger partial charge in [-0.3, -0.25) is 14.4 Å². The van der Waals surface area contributed by atoms with Crippen LogP contribution in [0.4, 0.5) is 0 Å². The second-order valence-electron chi connectivity index (χ2n) is 5.03. The maximum absolute atomic E-state index is 11.4. The zero-order valence-corrected chi connectivity index (χ0v) is 13.3. The van der Waals surface area contributed by atoms with Crippen molar-refractivity contribution < 1.29 is 33.3 Å². The molecule has 0 N–H and O–H groups in total. The molecule has 1 aliphatic rings. The van der Waals surface area contributed by atoms with Gasteiger partial charge in [0.2, 0.25) is 0 Å². The van der Waals surface area contributed by atoms with Crippen molar-refractivity contribution in [3.8, 4) is 12.3 Å². The summed E-state index contributed by atoms with van der Waals surface area (Å²) in [5.41, 5.74) is 0. The molecule has 7 nitrogen and oxygen atoms in total. The Morgan fingerprint density at radius 1 is 1.13 bits per heavy atom. The van der Waals surface area contributed by atoms with Gasteiger partial charge in [-0.2, -0.15) is 0 Å². The second kappa shape index (κ2) is 8.34. The van der Waals surface area contributed by atoms with E-state index in [4.69, 9.17) is 25.4 Å². The molecule has 7 heteroatoms. The van der Waals surface area contributed by atoms with E-state index in [1.165, 1.54) is 26.8 Å². The van der Waals surface area contributed by atoms with Gasteiger partial charge in [0.05, 0.1) is 0 Å². The highest BCUT2D eigenvalue weighted by Gasteiger charge is 2.48. The van der Waals surface area contributed by atoms with Crippen molar-refractivity contribution in [1.82, 2.24) is 0 Å². The lowest BCUT2D eigenvalue weighted by molar-refractivity contribution is -0.214. The van der Waals surface area contributed by atoms with Crippen molar-refractivity contribution >= 4 is 17.9 Å². The normalized spacial score (nSPS) is 29.7. The molecule has 23 heavy (non-hydrogen) atoms. The average molecular weight is 324 g/mol. The predicted molar refractivity (Wildman–Crippen MR) is 78.9 cm³/mol. The Morgan fingerprint density at radius 2 is 1.70 bits per heavy atom. The van der Waals surface area contributed by atoms with Crippen LogP contribution >= 0.6 is 0 Å². The third-order valence-electron chi connectivity index (χ3n) is 3.24. The summed E-state index contributed by atoms with van der Waals surface area (Å²) in [5.74, 6) is 0.158. The zero-order valence-electron chi connectivity index (χ0n) is 13.3. The summed E-state index contributed by atoms with van der Waals surface area (Å²) < 4.78 is 21.1. The Hall–Kier alpha value is -2.33. The van der Waals surface area contributed by atoms with Crippen LogP contribution in [-0.4, -0.2) is 48.9 Å². The molecule has 1 saturated heterocycles. The number of carbonyl (C=O) groups is 3. The standard InChI is InChI=1S/C16H20O7/c1-6-12-14(8-20-9(3)17)23-13(7-2)16(22-11(5)19)15(12)21-10(4)18/h2,6,12-16H,1,8H2,3-5H3/t12-,13-,14-,15+,16-/m1/s1. The molecule has 5 atom stereocenters. The first-order valence-corrected chi connectivity index (χ1v) is 7.02. The van der Waals surface area contributed by atoms with Gasteiger partial charge in [-0.1, -0.05) is 12.0 Å². The fraction of sp³-hybridized carbons (Fsp3) is 0.562. The summed E-state index contributed by atoms with van der Waals surface area (Å²) >= 11 is 0. The number of ether oxygens (including phenoxy) is 4. The summed E-state index contributed by atoms with van der Waals surface area (Å²) in [7, 11) is 0. The lowest BCUT2D eigenvalue weighted by Crippen LogP contribution is -2.57. The lowest BCUT2D eigenvalue weighted by Gasteiger charge is -2.42. The number of esters is 3. The smallest absolute Gasteiger partial charge is 0.303 e. The van der Waals surface area contributed by atoms with Crippen LogP contribution in [0.25, 0.3) is 0 Å². The van der Waals surface area contributed by atoms with Crippen molar-refractivity contribution in [1.29, 1.82) is 0 Å². The molecule has 1 heterocycles. The molecule has 0 aromatic rings. The molecule has 0 unspecified atom stereocenters. The Bertz CT molecular complexity index is 519. The summed E-state index contributed by atoms with van der Waals surface area (Å²) in [6.07, 6.45) is 3.44. The van der Waals surface area contributed by atoms with Crippen LogP contribution in [-0.2, 0) is 33.3 Å². The second-order valence-corrected chi connectivity index (χ2v) is 5.03. The molecule has 1 fully saturated rings. The largest absolute Gasteiger partial charge is 0.463 e. The highest BCUT2D eigenvalue weighted by molar-refractivity contribution is 5.67. The summed E-state index contributed by atoms with van der Waals surface area (Å²) in [4.78, 5) is 33.7. The molecule has 0 radical (unpaired) electrons. The van der Waals surface area contributed by atoms with Crippen LogP contribution < -0.4 is 0 Å². The molecule has 0 aromatic heterocycles. The molecular weight excluding hydrogens is 304 g/mol. The SMILES string of the molecule is C#C[C@H]1O[C@H](COC(C)=O)[C@@H](C=C)[C@H](OC(C)=O)[C@@H]1OC(C)=O. The Balaban J connectivity index is 3.10. The third kappa shape index (κ3) is 5.11. The molecule has 0 amide bonds. The zero-order chi connectivity index (χ0) is 17.6. The minimum atomic E-state index is -0.974. The van der Waals surface area contributed by atoms with E-state index >= 15 is 0 Å². The molecule has 1 aliphatic heterocycles. The number of rotatable bonds is 5. The number of terminal acetylenes is 1. The van der Waals surface area contributed by atoms with Crippen LogP contribution in [0.15, 0.2) is 12.7 Å². The van der Waals surface area contributed by atoms with E-state index in [1.807, 2.05) is 0 Å². The minimum absolute atomic E-state index is 0.0885. The van der Waals surface area contributed by atoms with Gasteiger partial charge < -0.3 is 18.9 Å². The summed E-state index contributed by atoms with van der Waals surface area (Å²) in [6.45, 7) is 7.29. The van der Waals surface area contributed by atoms with Crippen LogP contribution in [0.1, 0.15) is 20.8 Å². The van der Waals surface area contributed by atoms with Crippen LogP contribution in [0, 0.1) is 18.3 Å². The first-order chi connectivity index (χ1) is 10.8. The maximum atomic E-state index is 11.4. The molecule has 126 valence electrons. The van der Waals surface area contributed by atoms with E-state index in [0.717, 1.165) is 0 Å². The van der Waals surface area contributed by atoms with E-state index < -0.39 is 48.2 Å². The fourth-order valence-corrected chi connectivity index (χ4v) is 2.39. The van der Waals surface area contributed by atoms with Crippen molar-refractivity contribution in [3.05, 3.63) is 12.7 Å². The van der Waals surface area contributed by atoms with E-state index in [0.29, 0.717) is 0 Å². The summed E-state index contributed by atoms with van der Waals surface area (Å²) in [5, 5.41) is 0. The molecule has 1 rings (SSSR count). The topological polar surface area (TPSA) is 88.1 Å². The van der Waals surface area contributed by atoms with Gasteiger partial charge in [0.1, 0.15) is 12.7 Å². The molecule has 0 aromatic carbocycles. The van der Waals surface area contributed by atoms with Gasteiger partial charge in [-0.25, -0.2) is 0 Å². The van der Waals surface area contributed by atoms with Crippen LogP contribution in [0.5, 0.6) is 0 Å². The van der Waals surface area contributed by atoms with Crippen molar-refractivity contribution in [3.63, 3.8) is 0 Å². The highest BCUT2D eigenvalue weighted by Crippen LogP contribution is 2.31. The van der Waals surface area contributed by atoms with E-state index in [9.17, 15) is 14.4 Å². The van der Waals surface area contributed by atoms with Gasteiger partial charge in [0.25, 0.3) is 0 Å². The van der Waals surface area contributed by atoms with Crippen LogP contribution in [0.2, 0.25) is 0 Å². The van der Waals surface area contributed by atoms with E-state index in [-0.39, 0.29) is 6.61 Å². The molecule has 0 bridgehead atoms. The van der Waals surface area contributed by atoms with Gasteiger partial charge in [-0.05, 0) is 0 Å². The summed E-state index contributed by atoms with van der Waals surface area (Å²) in [6, 6.07) is 0. The number of hydrogen-bond acceptors (Lipinski definition) is 7. The lowest BCUT2D eigenvalue weighted by atomic mass is 9.86. The van der Waals surface area contributed by atoms with E-state index in [2.05, 4.69) is 12.5 Å². The Labute approximate surface area is 134 Å². The Morgan fingerprint density at radius 3 is 2.13 bits per heavy atom. The van der Waals surface area contributed by atoms with Gasteiger partial charge in [-0.15, -0.1) is 13.0 Å². The van der Waals surface area contributed by atoms with Crippen molar-refractivity contribution in [2.45, 2.75) is 45.2 Å². The van der Waals surface area contributed by atoms with Gasteiger partial charge in [0.15, 0.2) is 18.3 Å². The number of carbonyl (C=O) groups excluding carboxylic acids is 3. The maximum Gasteiger partial charge on any atom is 0.303 e. The molecular formula is C16H20O7. The third-order valence-corrected chi connectivity index (χ3v) is 3.24. The monoisotopic (exact) mass is 324 g/mol. The van der Waals surface area contributed by atoms with Crippen LogP contribution in [0.3, 0.4) is 0 Å². The van der Waals surface area contributed by atoms with Crippen molar-refractivity contribution in [2.24, 2.45) is 5.92 Å². The van der Waals surface area contributed by atoms with Crippen molar-refractivity contribution in [2.75, 3.05) is 6.61 Å². The highest BCUT2D eigenvalue weighted by atomic mass is 16.6. The fourth-order valence-electron chi connectivity index (χ4n) is 2.39. The molecule has 0 spiro atoms. The van der Waals surface area contributed by atoms with Gasteiger partial charge in [0, 0.05) is 26.7 Å². The first kappa shape index (κ1) is 18.7. The first-order valence-electron chi connectivity index (χ1n) is 7.02. The minimum Gasteiger partial charge on any atom is -0.463 e. The Kier molecular flexibility index (Phi) is 6.79. The van der Waals surface area contributed by atoms with Gasteiger partial charge >= 0.3 is 17.9 Å². The quantitative estimate of drug-likeness (QED) is 0.317. The predicted octanol–water partition coefficient (Wildman–Crippen LogP) is 0.616. The molecule has 0 aliphatic carbocycles. The number of hydrogen-bond donors (Lipinski definition) is 0. The van der Waals surface area contributed by atoms with E-state index in [1.54, 1.807) is 0 Å². The molecule has 0 saturated carbocycles.